The minimum atomic E-state index is -1.08. The number of ether oxygens (including phenoxy) is 2. The largest absolute Gasteiger partial charge is 0.480 e. The van der Waals surface area contributed by atoms with Gasteiger partial charge >= 0.3 is 12.1 Å². The van der Waals surface area contributed by atoms with Gasteiger partial charge in [0.25, 0.3) is 0 Å². The van der Waals surface area contributed by atoms with E-state index in [0.29, 0.717) is 5.88 Å². The van der Waals surface area contributed by atoms with Crippen LogP contribution in [0.15, 0.2) is 36.5 Å². The Morgan fingerprint density at radius 2 is 1.96 bits per heavy atom. The van der Waals surface area contributed by atoms with Crippen molar-refractivity contribution in [2.24, 2.45) is 0 Å². The number of aliphatic carboxylic acids is 1. The Balaban J connectivity index is 1.79. The highest BCUT2D eigenvalue weighted by Crippen LogP contribution is 2.28. The van der Waals surface area contributed by atoms with Crippen molar-refractivity contribution < 1.29 is 24.2 Å². The normalized spacial score (nSPS) is 20.2. The summed E-state index contributed by atoms with van der Waals surface area (Å²) in [7, 11) is 0. The maximum atomic E-state index is 12.4. The van der Waals surface area contributed by atoms with E-state index in [9.17, 15) is 14.7 Å². The van der Waals surface area contributed by atoms with Crippen LogP contribution in [-0.2, 0) is 9.53 Å². The number of pyridine rings is 1. The first kappa shape index (κ1) is 18.0. The Morgan fingerprint density at radius 1 is 1.23 bits per heavy atom. The Bertz CT molecular complexity index is 825. The van der Waals surface area contributed by atoms with Crippen LogP contribution in [0.4, 0.5) is 4.79 Å². The van der Waals surface area contributed by atoms with Crippen LogP contribution in [-0.4, -0.2) is 51.3 Å². The van der Waals surface area contributed by atoms with Gasteiger partial charge in [-0.2, -0.15) is 0 Å². The molecule has 1 unspecified atom stereocenters. The molecule has 0 aliphatic carbocycles. The monoisotopic (exact) mass is 358 g/mol. The molecule has 1 N–H and O–H groups in total. The second-order valence-electron chi connectivity index (χ2n) is 7.30. The highest BCUT2D eigenvalue weighted by atomic mass is 16.6. The summed E-state index contributed by atoms with van der Waals surface area (Å²) in [5.41, 5.74) is -0.698. The molecule has 1 aliphatic rings. The summed E-state index contributed by atoms with van der Waals surface area (Å²) in [5.74, 6) is -0.642. The van der Waals surface area contributed by atoms with E-state index >= 15 is 0 Å². The SMILES string of the molecule is CC(C)(C)OC(=O)N1CC(Oc2nccc3ccccc23)C[C@H]1C(=O)O. The fourth-order valence-electron chi connectivity index (χ4n) is 2.98. The standard InChI is InChI=1S/C19H22N2O5/c1-19(2,3)26-18(24)21-11-13(10-15(21)17(22)23)25-16-14-7-5-4-6-12(14)8-9-20-16/h4-9,13,15H,10-11H2,1-3H3,(H,22,23)/t13?,15-/m0/s1. The third-order valence-electron chi connectivity index (χ3n) is 4.09. The van der Waals surface area contributed by atoms with Crippen LogP contribution in [0.2, 0.25) is 0 Å². The fraction of sp³-hybridized carbons (Fsp3) is 0.421. The number of hydrogen-bond donors (Lipinski definition) is 1. The lowest BCUT2D eigenvalue weighted by atomic mass is 10.1. The number of nitrogens with zero attached hydrogens (tertiary/aromatic N) is 2. The molecule has 1 aromatic heterocycles. The predicted molar refractivity (Wildman–Crippen MR) is 95.1 cm³/mol. The van der Waals surface area contributed by atoms with Crippen molar-refractivity contribution in [3.05, 3.63) is 36.5 Å². The number of likely N-dealkylation sites (tertiary alicyclic amines) is 1. The highest BCUT2D eigenvalue weighted by molar-refractivity contribution is 5.86. The van der Waals surface area contributed by atoms with Crippen molar-refractivity contribution in [1.82, 2.24) is 9.88 Å². The molecule has 0 bridgehead atoms. The van der Waals surface area contributed by atoms with Gasteiger partial charge in [-0.05, 0) is 38.3 Å². The number of fused-ring (bicyclic) bond motifs is 1. The first-order chi connectivity index (χ1) is 12.2. The number of hydrogen-bond acceptors (Lipinski definition) is 5. The minimum Gasteiger partial charge on any atom is -0.480 e. The van der Waals surface area contributed by atoms with Crippen molar-refractivity contribution in [3.63, 3.8) is 0 Å². The van der Waals surface area contributed by atoms with Crippen LogP contribution in [0, 0.1) is 0 Å². The zero-order chi connectivity index (χ0) is 18.9. The van der Waals surface area contributed by atoms with E-state index in [0.717, 1.165) is 10.8 Å². The van der Waals surface area contributed by atoms with E-state index in [4.69, 9.17) is 9.47 Å². The first-order valence-electron chi connectivity index (χ1n) is 8.47. The van der Waals surface area contributed by atoms with E-state index in [-0.39, 0.29) is 13.0 Å². The van der Waals surface area contributed by atoms with Crippen molar-refractivity contribution in [3.8, 4) is 5.88 Å². The molecule has 138 valence electrons. The Morgan fingerprint density at radius 3 is 2.65 bits per heavy atom. The van der Waals surface area contributed by atoms with Gasteiger partial charge in [0.1, 0.15) is 17.7 Å². The number of rotatable bonds is 3. The molecule has 0 saturated carbocycles. The molecule has 7 heteroatoms. The molecule has 1 aliphatic heterocycles. The molecular weight excluding hydrogens is 336 g/mol. The molecule has 7 nitrogen and oxygen atoms in total. The second-order valence-corrected chi connectivity index (χ2v) is 7.30. The summed E-state index contributed by atoms with van der Waals surface area (Å²) in [6, 6.07) is 8.55. The van der Waals surface area contributed by atoms with Crippen LogP contribution in [0.25, 0.3) is 10.8 Å². The lowest BCUT2D eigenvalue weighted by Gasteiger charge is -2.26. The zero-order valence-electron chi connectivity index (χ0n) is 15.0. The van der Waals surface area contributed by atoms with E-state index in [1.807, 2.05) is 30.3 Å². The van der Waals surface area contributed by atoms with Crippen LogP contribution in [0.1, 0.15) is 27.2 Å². The van der Waals surface area contributed by atoms with E-state index in [2.05, 4.69) is 4.98 Å². The van der Waals surface area contributed by atoms with E-state index < -0.39 is 29.8 Å². The van der Waals surface area contributed by atoms with Gasteiger partial charge in [-0.1, -0.05) is 18.2 Å². The summed E-state index contributed by atoms with van der Waals surface area (Å²) in [4.78, 5) is 29.4. The Kier molecular flexibility index (Phi) is 4.71. The molecule has 1 fully saturated rings. The maximum Gasteiger partial charge on any atom is 0.411 e. The number of carboxylic acid groups (broad SMARTS) is 1. The minimum absolute atomic E-state index is 0.136. The van der Waals surface area contributed by atoms with E-state index in [1.54, 1.807) is 27.0 Å². The van der Waals surface area contributed by atoms with Gasteiger partial charge in [0.05, 0.1) is 6.54 Å². The molecule has 3 rings (SSSR count). The summed E-state index contributed by atoms with van der Waals surface area (Å²) >= 11 is 0. The van der Waals surface area contributed by atoms with Gasteiger partial charge in [-0.3, -0.25) is 4.90 Å². The summed E-state index contributed by atoms with van der Waals surface area (Å²) in [6.45, 7) is 5.36. The zero-order valence-corrected chi connectivity index (χ0v) is 15.0. The van der Waals surface area contributed by atoms with Gasteiger partial charge in [0.15, 0.2) is 0 Å². The third kappa shape index (κ3) is 3.87. The quantitative estimate of drug-likeness (QED) is 0.907. The fourth-order valence-corrected chi connectivity index (χ4v) is 2.98. The number of aromatic nitrogens is 1. The van der Waals surface area contributed by atoms with Crippen LogP contribution in [0.3, 0.4) is 0 Å². The molecule has 2 heterocycles. The third-order valence-corrected chi connectivity index (χ3v) is 4.09. The molecule has 1 amide bonds. The van der Waals surface area contributed by atoms with Crippen molar-refractivity contribution in [2.45, 2.75) is 44.9 Å². The number of amides is 1. The molecule has 26 heavy (non-hydrogen) atoms. The first-order valence-corrected chi connectivity index (χ1v) is 8.47. The molecule has 1 saturated heterocycles. The highest BCUT2D eigenvalue weighted by Gasteiger charge is 2.42. The summed E-state index contributed by atoms with van der Waals surface area (Å²) in [5, 5.41) is 11.3. The number of benzene rings is 1. The van der Waals surface area contributed by atoms with Gasteiger partial charge in [-0.25, -0.2) is 14.6 Å². The molecule has 2 aromatic rings. The topological polar surface area (TPSA) is 89.0 Å². The predicted octanol–water partition coefficient (Wildman–Crippen LogP) is 3.08. The van der Waals surface area contributed by atoms with Gasteiger partial charge in [0, 0.05) is 18.0 Å². The lowest BCUT2D eigenvalue weighted by Crippen LogP contribution is -2.43. The van der Waals surface area contributed by atoms with E-state index in [1.165, 1.54) is 4.90 Å². The molecule has 0 radical (unpaired) electrons. The summed E-state index contributed by atoms with van der Waals surface area (Å²) in [6.07, 6.45) is 0.704. The Hall–Kier alpha value is -2.83. The maximum absolute atomic E-state index is 12.4. The molecule has 0 spiro atoms. The van der Waals surface area contributed by atoms with Crippen molar-refractivity contribution >= 4 is 22.8 Å². The van der Waals surface area contributed by atoms with Gasteiger partial charge < -0.3 is 14.6 Å². The lowest BCUT2D eigenvalue weighted by molar-refractivity contribution is -0.142. The van der Waals surface area contributed by atoms with Crippen molar-refractivity contribution in [2.75, 3.05) is 6.54 Å². The second kappa shape index (κ2) is 6.82. The Labute approximate surface area is 151 Å². The molecule has 1 aromatic carbocycles. The van der Waals surface area contributed by atoms with Crippen LogP contribution in [0.5, 0.6) is 5.88 Å². The van der Waals surface area contributed by atoms with Gasteiger partial charge in [0.2, 0.25) is 5.88 Å². The number of carboxylic acids is 1. The van der Waals surface area contributed by atoms with Crippen LogP contribution >= 0.6 is 0 Å². The van der Waals surface area contributed by atoms with Crippen molar-refractivity contribution in [1.29, 1.82) is 0 Å². The smallest absolute Gasteiger partial charge is 0.411 e. The number of carbonyl (C=O) groups excluding carboxylic acids is 1. The molecular formula is C19H22N2O5. The molecule has 2 atom stereocenters. The van der Waals surface area contributed by atoms with Crippen LogP contribution < -0.4 is 4.74 Å². The number of carbonyl (C=O) groups is 2. The average Bonchev–Trinajstić information content (AvgIpc) is 2.98. The average molecular weight is 358 g/mol. The summed E-state index contributed by atoms with van der Waals surface area (Å²) < 4.78 is 11.3. The van der Waals surface area contributed by atoms with Gasteiger partial charge in [-0.15, -0.1) is 0 Å².